The number of amides is 2. The standard InChI is InChI=1S/C17H15ClFN5O2/c18-12-5-11(6-13(19)7-12)8-21-16(25)15-1-3-24(17(15)26)14-9-22-23(10-14)4-2-20/h5-7,9-10,15H,1,3-4,8H2,(H,21,25). The Morgan fingerprint density at radius 2 is 2.27 bits per heavy atom. The van der Waals surface area contributed by atoms with Gasteiger partial charge in [-0.25, -0.2) is 4.39 Å². The van der Waals surface area contributed by atoms with Crippen LogP contribution in [0.15, 0.2) is 30.6 Å². The third-order valence-electron chi connectivity index (χ3n) is 4.08. The van der Waals surface area contributed by atoms with Crippen LogP contribution in [0.1, 0.15) is 12.0 Å². The van der Waals surface area contributed by atoms with Crippen molar-refractivity contribution in [1.29, 1.82) is 5.26 Å². The number of carbonyl (C=O) groups excluding carboxylic acids is 2. The zero-order valence-electron chi connectivity index (χ0n) is 13.7. The second-order valence-corrected chi connectivity index (χ2v) is 6.32. The second-order valence-electron chi connectivity index (χ2n) is 5.88. The van der Waals surface area contributed by atoms with E-state index in [4.69, 9.17) is 16.9 Å². The van der Waals surface area contributed by atoms with Crippen molar-refractivity contribution >= 4 is 29.1 Å². The first-order valence-electron chi connectivity index (χ1n) is 7.91. The number of nitriles is 1. The number of halogens is 2. The van der Waals surface area contributed by atoms with Crippen LogP contribution in [-0.2, 0) is 22.7 Å². The Labute approximate surface area is 154 Å². The lowest BCUT2D eigenvalue weighted by atomic mass is 10.1. The molecule has 1 aromatic carbocycles. The van der Waals surface area contributed by atoms with Crippen LogP contribution in [0.25, 0.3) is 0 Å². The monoisotopic (exact) mass is 375 g/mol. The van der Waals surface area contributed by atoms with E-state index in [1.807, 2.05) is 6.07 Å². The second kappa shape index (κ2) is 7.54. The summed E-state index contributed by atoms with van der Waals surface area (Å²) >= 11 is 5.79. The van der Waals surface area contributed by atoms with Crippen molar-refractivity contribution in [3.8, 4) is 6.07 Å². The van der Waals surface area contributed by atoms with Gasteiger partial charge in [0.2, 0.25) is 11.8 Å². The van der Waals surface area contributed by atoms with Gasteiger partial charge in [0.05, 0.1) is 18.0 Å². The smallest absolute Gasteiger partial charge is 0.239 e. The fourth-order valence-electron chi connectivity index (χ4n) is 2.86. The SMILES string of the molecule is N#CCn1cc(N2CCC(C(=O)NCc3cc(F)cc(Cl)c3)C2=O)cn1. The quantitative estimate of drug-likeness (QED) is 0.807. The predicted octanol–water partition coefficient (Wildman–Crippen LogP) is 1.87. The molecule has 134 valence electrons. The number of anilines is 1. The van der Waals surface area contributed by atoms with Crippen molar-refractivity contribution in [3.63, 3.8) is 0 Å². The van der Waals surface area contributed by atoms with Crippen molar-refractivity contribution in [2.45, 2.75) is 19.5 Å². The van der Waals surface area contributed by atoms with Crippen LogP contribution < -0.4 is 10.2 Å². The molecule has 2 amide bonds. The van der Waals surface area contributed by atoms with Crippen LogP contribution in [0.4, 0.5) is 10.1 Å². The normalized spacial score (nSPS) is 16.6. The lowest BCUT2D eigenvalue weighted by Gasteiger charge is -2.14. The van der Waals surface area contributed by atoms with Crippen molar-refractivity contribution in [1.82, 2.24) is 15.1 Å². The number of nitrogens with one attached hydrogen (secondary N) is 1. The van der Waals surface area contributed by atoms with Gasteiger partial charge in [-0.15, -0.1) is 0 Å². The minimum atomic E-state index is -0.807. The first-order chi connectivity index (χ1) is 12.5. The third-order valence-corrected chi connectivity index (χ3v) is 4.29. The minimum absolute atomic E-state index is 0.0835. The van der Waals surface area contributed by atoms with Gasteiger partial charge in [0, 0.05) is 24.3 Å². The van der Waals surface area contributed by atoms with Gasteiger partial charge in [0.1, 0.15) is 18.3 Å². The molecule has 0 saturated carbocycles. The first-order valence-corrected chi connectivity index (χ1v) is 8.29. The fourth-order valence-corrected chi connectivity index (χ4v) is 3.10. The van der Waals surface area contributed by atoms with Crippen LogP contribution in [0.3, 0.4) is 0 Å². The summed E-state index contributed by atoms with van der Waals surface area (Å²) in [7, 11) is 0. The van der Waals surface area contributed by atoms with Gasteiger partial charge < -0.3 is 10.2 Å². The number of hydrogen-bond acceptors (Lipinski definition) is 4. The van der Waals surface area contributed by atoms with E-state index < -0.39 is 17.6 Å². The average Bonchev–Trinajstić information content (AvgIpc) is 3.18. The summed E-state index contributed by atoms with van der Waals surface area (Å²) in [5.74, 6) is -2.03. The molecule has 3 rings (SSSR count). The van der Waals surface area contributed by atoms with E-state index in [0.717, 1.165) is 0 Å². The molecule has 1 aromatic heterocycles. The van der Waals surface area contributed by atoms with Gasteiger partial charge >= 0.3 is 0 Å². The molecule has 0 radical (unpaired) electrons. The fraction of sp³-hybridized carbons (Fsp3) is 0.294. The van der Waals surface area contributed by atoms with E-state index in [0.29, 0.717) is 24.2 Å². The van der Waals surface area contributed by atoms with Crippen LogP contribution in [0.2, 0.25) is 5.02 Å². The molecule has 0 spiro atoms. The number of aromatic nitrogens is 2. The molecular formula is C17H15ClFN5O2. The molecule has 26 heavy (non-hydrogen) atoms. The Balaban J connectivity index is 1.61. The van der Waals surface area contributed by atoms with Gasteiger partial charge in [-0.2, -0.15) is 10.4 Å². The van der Waals surface area contributed by atoms with Crippen molar-refractivity contribution < 1.29 is 14.0 Å². The zero-order chi connectivity index (χ0) is 18.7. The maximum atomic E-state index is 13.3. The van der Waals surface area contributed by atoms with E-state index in [2.05, 4.69) is 10.4 Å². The molecule has 2 heterocycles. The molecule has 1 N–H and O–H groups in total. The van der Waals surface area contributed by atoms with E-state index >= 15 is 0 Å². The Kier molecular flexibility index (Phi) is 5.19. The summed E-state index contributed by atoms with van der Waals surface area (Å²) in [6.45, 7) is 0.559. The lowest BCUT2D eigenvalue weighted by molar-refractivity contribution is -0.132. The summed E-state index contributed by atoms with van der Waals surface area (Å²) in [5, 5.41) is 15.6. The molecule has 1 saturated heterocycles. The van der Waals surface area contributed by atoms with Crippen LogP contribution in [0, 0.1) is 23.1 Å². The van der Waals surface area contributed by atoms with Crippen molar-refractivity contribution in [2.24, 2.45) is 5.92 Å². The highest BCUT2D eigenvalue weighted by Gasteiger charge is 2.37. The third kappa shape index (κ3) is 3.83. The van der Waals surface area contributed by atoms with Crippen molar-refractivity contribution in [3.05, 3.63) is 47.0 Å². The Morgan fingerprint density at radius 1 is 1.46 bits per heavy atom. The number of rotatable bonds is 5. The van der Waals surface area contributed by atoms with Gasteiger partial charge in [-0.3, -0.25) is 14.3 Å². The minimum Gasteiger partial charge on any atom is -0.351 e. The number of nitrogens with zero attached hydrogens (tertiary/aromatic N) is 4. The molecule has 1 aliphatic heterocycles. The van der Waals surface area contributed by atoms with Gasteiger partial charge in [-0.05, 0) is 30.2 Å². The highest BCUT2D eigenvalue weighted by Crippen LogP contribution is 2.25. The van der Waals surface area contributed by atoms with Crippen LogP contribution >= 0.6 is 11.6 Å². The molecule has 1 fully saturated rings. The van der Waals surface area contributed by atoms with Gasteiger partial charge in [0.25, 0.3) is 0 Å². The number of hydrogen-bond donors (Lipinski definition) is 1. The molecule has 0 bridgehead atoms. The average molecular weight is 376 g/mol. The Morgan fingerprint density at radius 3 is 3.00 bits per heavy atom. The van der Waals surface area contributed by atoms with E-state index in [1.54, 1.807) is 12.3 Å². The van der Waals surface area contributed by atoms with Gasteiger partial charge in [-0.1, -0.05) is 11.6 Å². The Bertz CT molecular complexity index is 871. The first kappa shape index (κ1) is 17.9. The van der Waals surface area contributed by atoms with E-state index in [-0.39, 0.29) is 24.0 Å². The maximum Gasteiger partial charge on any atom is 0.239 e. The highest BCUT2D eigenvalue weighted by atomic mass is 35.5. The molecular weight excluding hydrogens is 361 g/mol. The summed E-state index contributed by atoms with van der Waals surface area (Å²) < 4.78 is 14.7. The molecule has 2 aromatic rings. The summed E-state index contributed by atoms with van der Waals surface area (Å²) in [6.07, 6.45) is 3.46. The zero-order valence-corrected chi connectivity index (χ0v) is 14.4. The van der Waals surface area contributed by atoms with Crippen molar-refractivity contribution in [2.75, 3.05) is 11.4 Å². The van der Waals surface area contributed by atoms with E-state index in [1.165, 1.54) is 27.9 Å². The maximum absolute atomic E-state index is 13.3. The molecule has 0 aliphatic carbocycles. The topological polar surface area (TPSA) is 91.0 Å². The molecule has 7 nitrogen and oxygen atoms in total. The molecule has 1 atom stereocenters. The summed E-state index contributed by atoms with van der Waals surface area (Å²) in [5.41, 5.74) is 1.07. The van der Waals surface area contributed by atoms with E-state index in [9.17, 15) is 14.0 Å². The summed E-state index contributed by atoms with van der Waals surface area (Å²) in [4.78, 5) is 26.3. The number of carbonyl (C=O) groups is 2. The predicted molar refractivity (Wildman–Crippen MR) is 91.6 cm³/mol. The highest BCUT2D eigenvalue weighted by molar-refractivity contribution is 6.30. The largest absolute Gasteiger partial charge is 0.351 e. The van der Waals surface area contributed by atoms with Crippen LogP contribution in [0.5, 0.6) is 0 Å². The van der Waals surface area contributed by atoms with Gasteiger partial charge in [0.15, 0.2) is 0 Å². The number of benzene rings is 1. The van der Waals surface area contributed by atoms with Crippen LogP contribution in [-0.4, -0.2) is 28.1 Å². The Hall–Kier alpha value is -2.92. The molecule has 1 aliphatic rings. The summed E-state index contributed by atoms with van der Waals surface area (Å²) in [6, 6.07) is 5.97. The molecule has 1 unspecified atom stereocenters. The lowest BCUT2D eigenvalue weighted by Crippen LogP contribution is -2.36. The molecule has 9 heteroatoms.